The molecule has 0 spiro atoms. The molecule has 0 fully saturated rings. The summed E-state index contributed by atoms with van der Waals surface area (Å²) in [4.78, 5) is 17.2. The molecule has 0 unspecified atom stereocenters. The predicted molar refractivity (Wildman–Crippen MR) is 116 cm³/mol. The van der Waals surface area contributed by atoms with E-state index in [4.69, 9.17) is 4.42 Å². The first-order valence-electron chi connectivity index (χ1n) is 9.62. The molecule has 5 rings (SSSR count). The standard InChI is InChI=1S/C23H17N7O/c1-15-6-7-16(21-29-30-22(31-21)18-5-3-10-25-14-18)12-20(15)28-23-26-11-8-19(27-23)17-4-2-9-24-13-17/h2-14H,1H3,(H,26,27,28). The molecule has 0 radical (unpaired) electrons. The minimum atomic E-state index is 0.422. The van der Waals surface area contributed by atoms with Gasteiger partial charge in [-0.3, -0.25) is 9.97 Å². The van der Waals surface area contributed by atoms with Crippen molar-refractivity contribution in [3.05, 3.63) is 85.1 Å². The summed E-state index contributed by atoms with van der Waals surface area (Å²) in [5.41, 5.74) is 5.16. The van der Waals surface area contributed by atoms with Gasteiger partial charge >= 0.3 is 0 Å². The number of hydrogen-bond donors (Lipinski definition) is 1. The van der Waals surface area contributed by atoms with Gasteiger partial charge in [0.15, 0.2) is 0 Å². The van der Waals surface area contributed by atoms with Gasteiger partial charge in [-0.1, -0.05) is 6.07 Å². The van der Waals surface area contributed by atoms with Crippen LogP contribution in [0.25, 0.3) is 34.2 Å². The van der Waals surface area contributed by atoms with E-state index in [9.17, 15) is 0 Å². The maximum atomic E-state index is 5.85. The highest BCUT2D eigenvalue weighted by molar-refractivity contribution is 5.69. The zero-order valence-electron chi connectivity index (χ0n) is 16.6. The minimum Gasteiger partial charge on any atom is -0.416 e. The summed E-state index contributed by atoms with van der Waals surface area (Å²) >= 11 is 0. The Morgan fingerprint density at radius 2 is 1.52 bits per heavy atom. The van der Waals surface area contributed by atoms with Crippen molar-refractivity contribution in [1.29, 1.82) is 0 Å². The topological polar surface area (TPSA) is 103 Å². The summed E-state index contributed by atoms with van der Waals surface area (Å²) in [6.07, 6.45) is 8.61. The minimum absolute atomic E-state index is 0.422. The second-order valence-corrected chi connectivity index (χ2v) is 6.82. The maximum absolute atomic E-state index is 5.85. The zero-order chi connectivity index (χ0) is 21.0. The van der Waals surface area contributed by atoms with Gasteiger partial charge in [0.1, 0.15) is 0 Å². The molecule has 4 aromatic heterocycles. The molecule has 8 heteroatoms. The van der Waals surface area contributed by atoms with Crippen molar-refractivity contribution < 1.29 is 4.42 Å². The van der Waals surface area contributed by atoms with E-state index in [1.807, 2.05) is 55.5 Å². The zero-order valence-corrected chi connectivity index (χ0v) is 16.6. The Morgan fingerprint density at radius 1 is 0.774 bits per heavy atom. The first kappa shape index (κ1) is 18.6. The molecule has 31 heavy (non-hydrogen) atoms. The molecule has 0 aliphatic carbocycles. The van der Waals surface area contributed by atoms with Crippen molar-refractivity contribution in [3.63, 3.8) is 0 Å². The van der Waals surface area contributed by atoms with Crippen molar-refractivity contribution in [1.82, 2.24) is 30.1 Å². The molecule has 4 heterocycles. The normalized spacial score (nSPS) is 10.7. The van der Waals surface area contributed by atoms with Gasteiger partial charge in [-0.05, 0) is 55.0 Å². The monoisotopic (exact) mass is 407 g/mol. The molecule has 0 bridgehead atoms. The van der Waals surface area contributed by atoms with E-state index in [1.54, 1.807) is 31.0 Å². The van der Waals surface area contributed by atoms with Gasteiger partial charge in [0.25, 0.3) is 0 Å². The molecule has 0 atom stereocenters. The van der Waals surface area contributed by atoms with Crippen LogP contribution in [-0.2, 0) is 0 Å². The summed E-state index contributed by atoms with van der Waals surface area (Å²) in [6.45, 7) is 2.01. The molecular formula is C23H17N7O. The number of hydrogen-bond acceptors (Lipinski definition) is 8. The van der Waals surface area contributed by atoms with Crippen LogP contribution in [0.5, 0.6) is 0 Å². The number of benzene rings is 1. The molecule has 0 aliphatic rings. The molecule has 150 valence electrons. The number of nitrogens with zero attached hydrogens (tertiary/aromatic N) is 6. The van der Waals surface area contributed by atoms with Crippen LogP contribution in [0, 0.1) is 6.92 Å². The Hall–Kier alpha value is -4.46. The first-order valence-corrected chi connectivity index (χ1v) is 9.62. The van der Waals surface area contributed by atoms with E-state index >= 15 is 0 Å². The fourth-order valence-corrected chi connectivity index (χ4v) is 3.05. The summed E-state index contributed by atoms with van der Waals surface area (Å²) in [6, 6.07) is 15.2. The summed E-state index contributed by atoms with van der Waals surface area (Å²) in [7, 11) is 0. The molecule has 0 aliphatic heterocycles. The average molecular weight is 407 g/mol. The van der Waals surface area contributed by atoms with E-state index in [1.165, 1.54) is 0 Å². The predicted octanol–water partition coefficient (Wildman–Crippen LogP) is 4.70. The van der Waals surface area contributed by atoms with Crippen LogP contribution in [0.4, 0.5) is 11.6 Å². The Balaban J connectivity index is 1.43. The fourth-order valence-electron chi connectivity index (χ4n) is 3.05. The van der Waals surface area contributed by atoms with Crippen molar-refractivity contribution in [2.24, 2.45) is 0 Å². The lowest BCUT2D eigenvalue weighted by molar-refractivity contribution is 0.584. The highest BCUT2D eigenvalue weighted by Crippen LogP contribution is 2.28. The van der Waals surface area contributed by atoms with E-state index in [2.05, 4.69) is 35.5 Å². The van der Waals surface area contributed by atoms with Crippen LogP contribution in [0.3, 0.4) is 0 Å². The number of anilines is 2. The lowest BCUT2D eigenvalue weighted by Crippen LogP contribution is -2.00. The van der Waals surface area contributed by atoms with Crippen LogP contribution in [0.2, 0.25) is 0 Å². The summed E-state index contributed by atoms with van der Waals surface area (Å²) in [5, 5.41) is 11.6. The smallest absolute Gasteiger partial charge is 0.249 e. The third kappa shape index (κ3) is 3.99. The number of rotatable bonds is 5. The van der Waals surface area contributed by atoms with E-state index in [0.29, 0.717) is 17.7 Å². The molecule has 0 saturated carbocycles. The number of aromatic nitrogens is 6. The summed E-state index contributed by atoms with van der Waals surface area (Å²) in [5.74, 6) is 1.33. The Kier molecular flexibility index (Phi) is 4.86. The second-order valence-electron chi connectivity index (χ2n) is 6.82. The van der Waals surface area contributed by atoms with Crippen LogP contribution < -0.4 is 5.32 Å². The van der Waals surface area contributed by atoms with Crippen molar-refractivity contribution in [3.8, 4) is 34.2 Å². The van der Waals surface area contributed by atoms with Gasteiger partial charge < -0.3 is 9.73 Å². The van der Waals surface area contributed by atoms with Crippen molar-refractivity contribution >= 4 is 11.6 Å². The molecule has 1 aromatic carbocycles. The summed E-state index contributed by atoms with van der Waals surface area (Å²) < 4.78 is 5.85. The van der Waals surface area contributed by atoms with Crippen LogP contribution in [0.1, 0.15) is 5.56 Å². The van der Waals surface area contributed by atoms with E-state index in [0.717, 1.165) is 33.6 Å². The molecular weight excluding hydrogens is 390 g/mol. The van der Waals surface area contributed by atoms with Crippen molar-refractivity contribution in [2.45, 2.75) is 6.92 Å². The van der Waals surface area contributed by atoms with Crippen molar-refractivity contribution in [2.75, 3.05) is 5.32 Å². The van der Waals surface area contributed by atoms with Gasteiger partial charge in [0.2, 0.25) is 17.7 Å². The van der Waals surface area contributed by atoms with Crippen LogP contribution in [-0.4, -0.2) is 30.1 Å². The Morgan fingerprint density at radius 3 is 2.26 bits per heavy atom. The van der Waals surface area contributed by atoms with Gasteiger partial charge in [-0.15, -0.1) is 10.2 Å². The maximum Gasteiger partial charge on any atom is 0.249 e. The van der Waals surface area contributed by atoms with Crippen LogP contribution >= 0.6 is 0 Å². The molecule has 1 N–H and O–H groups in total. The van der Waals surface area contributed by atoms with Gasteiger partial charge in [0, 0.05) is 47.8 Å². The van der Waals surface area contributed by atoms with Crippen LogP contribution in [0.15, 0.2) is 83.9 Å². The largest absolute Gasteiger partial charge is 0.416 e. The molecule has 8 nitrogen and oxygen atoms in total. The highest BCUT2D eigenvalue weighted by atomic mass is 16.4. The quantitative estimate of drug-likeness (QED) is 0.447. The van der Waals surface area contributed by atoms with E-state index < -0.39 is 0 Å². The van der Waals surface area contributed by atoms with E-state index in [-0.39, 0.29) is 0 Å². The molecule has 0 amide bonds. The average Bonchev–Trinajstić information content (AvgIpc) is 3.32. The lowest BCUT2D eigenvalue weighted by atomic mass is 10.1. The van der Waals surface area contributed by atoms with Gasteiger partial charge in [-0.25, -0.2) is 9.97 Å². The molecule has 5 aromatic rings. The molecule has 0 saturated heterocycles. The lowest BCUT2D eigenvalue weighted by Gasteiger charge is -2.10. The number of aryl methyl sites for hydroxylation is 1. The Bertz CT molecular complexity index is 1320. The van der Waals surface area contributed by atoms with Gasteiger partial charge in [0.05, 0.1) is 11.3 Å². The second kappa shape index (κ2) is 8.11. The fraction of sp³-hybridized carbons (Fsp3) is 0.0435. The Labute approximate surface area is 178 Å². The SMILES string of the molecule is Cc1ccc(-c2nnc(-c3cccnc3)o2)cc1Nc1nccc(-c2cccnc2)n1. The third-order valence-corrected chi connectivity index (χ3v) is 4.68. The highest BCUT2D eigenvalue weighted by Gasteiger charge is 2.13. The number of pyridine rings is 2. The number of nitrogens with one attached hydrogen (secondary N) is 1. The van der Waals surface area contributed by atoms with Gasteiger partial charge in [-0.2, -0.15) is 0 Å². The third-order valence-electron chi connectivity index (χ3n) is 4.68. The first-order chi connectivity index (χ1) is 15.3.